The van der Waals surface area contributed by atoms with Crippen molar-refractivity contribution in [1.82, 2.24) is 0 Å². The van der Waals surface area contributed by atoms with E-state index in [1.807, 2.05) is 0 Å². The molecule has 77 valence electrons. The first-order valence-corrected chi connectivity index (χ1v) is 3.07. The number of carbonyl (C=O) groups is 1. The number of hydrogen-bond acceptors (Lipinski definition) is 1. The van der Waals surface area contributed by atoms with E-state index in [4.69, 9.17) is 16.7 Å². The van der Waals surface area contributed by atoms with Gasteiger partial charge in [0.05, 0.1) is 10.6 Å². The van der Waals surface area contributed by atoms with Gasteiger partial charge >= 0.3 is 5.97 Å². The Hall–Kier alpha value is 0.516. The Kier molecular flexibility index (Phi) is 13.4. The van der Waals surface area contributed by atoms with Crippen LogP contribution in [0.15, 0.2) is 24.3 Å². The largest absolute Gasteiger partial charge is 0.478 e. The standard InChI is InChI=1S/C7H5ClO2.ClH.H2O.Tb/c8-6-4-2-1-3-5(6)7(9)10;;;/h1-4H,(H,9,10);1H;1H2;. The van der Waals surface area contributed by atoms with E-state index in [9.17, 15) is 4.79 Å². The van der Waals surface area contributed by atoms with Crippen LogP contribution in [0.4, 0.5) is 0 Å². The van der Waals surface area contributed by atoms with E-state index < -0.39 is 5.97 Å². The molecule has 3 nitrogen and oxygen atoms in total. The Morgan fingerprint density at radius 3 is 2.08 bits per heavy atom. The number of hydrogen-bond donors (Lipinski definition) is 1. The summed E-state index contributed by atoms with van der Waals surface area (Å²) in [5.41, 5.74) is 0.143. The fourth-order valence-corrected chi connectivity index (χ4v) is 0.851. The Morgan fingerprint density at radius 1 is 1.31 bits per heavy atom. The van der Waals surface area contributed by atoms with Crippen molar-refractivity contribution in [3.05, 3.63) is 34.9 Å². The molecule has 0 saturated carbocycles. The maximum absolute atomic E-state index is 10.3. The summed E-state index contributed by atoms with van der Waals surface area (Å²) in [6.45, 7) is 0. The minimum Gasteiger partial charge on any atom is -0.478 e. The van der Waals surface area contributed by atoms with Crippen molar-refractivity contribution in [3.8, 4) is 0 Å². The molecule has 0 bridgehead atoms. The van der Waals surface area contributed by atoms with Crippen LogP contribution < -0.4 is 0 Å². The maximum Gasteiger partial charge on any atom is 0.337 e. The summed E-state index contributed by atoms with van der Waals surface area (Å²) in [6, 6.07) is 6.33. The second-order valence-electron chi connectivity index (χ2n) is 1.78. The average Bonchev–Trinajstić information content (AvgIpc) is 1.88. The van der Waals surface area contributed by atoms with Gasteiger partial charge in [-0.3, -0.25) is 0 Å². The van der Waals surface area contributed by atoms with Crippen LogP contribution in [0.2, 0.25) is 5.02 Å². The van der Waals surface area contributed by atoms with Gasteiger partial charge in [0.1, 0.15) is 0 Å². The molecule has 0 amide bonds. The van der Waals surface area contributed by atoms with Crippen LogP contribution in [-0.2, 0) is 0 Å². The second-order valence-corrected chi connectivity index (χ2v) is 2.19. The van der Waals surface area contributed by atoms with Crippen LogP contribution in [-0.4, -0.2) is 16.6 Å². The molecule has 1 aromatic carbocycles. The molecule has 0 heterocycles. The van der Waals surface area contributed by atoms with Gasteiger partial charge in [-0.25, -0.2) is 4.79 Å². The number of carboxylic acids is 1. The molecule has 0 saturated heterocycles. The molecule has 0 spiro atoms. The molecule has 0 unspecified atom stereocenters. The first-order valence-electron chi connectivity index (χ1n) is 2.69. The van der Waals surface area contributed by atoms with Gasteiger partial charge in [-0.05, 0) is 12.1 Å². The Morgan fingerprint density at radius 2 is 1.77 bits per heavy atom. The molecule has 0 fully saturated rings. The zero-order valence-corrected chi connectivity index (χ0v) is 10.00. The zero-order valence-electron chi connectivity index (χ0n) is 6.28. The van der Waals surface area contributed by atoms with E-state index in [1.54, 1.807) is 18.2 Å². The van der Waals surface area contributed by atoms with Gasteiger partial charge in [-0.2, -0.15) is 0 Å². The van der Waals surface area contributed by atoms with E-state index in [1.165, 1.54) is 6.07 Å². The predicted molar refractivity (Wildman–Crippen MR) is 49.3 cm³/mol. The van der Waals surface area contributed by atoms with Gasteiger partial charge in [0.25, 0.3) is 0 Å². The summed E-state index contributed by atoms with van der Waals surface area (Å²) < 4.78 is 0. The minimum absolute atomic E-state index is 0. The van der Waals surface area contributed by atoms with E-state index in [2.05, 4.69) is 0 Å². The normalized spacial score (nSPS) is 7.15. The number of rotatable bonds is 1. The van der Waals surface area contributed by atoms with Gasteiger partial charge in [-0.15, -0.1) is 12.4 Å². The number of aromatic carboxylic acids is 1. The van der Waals surface area contributed by atoms with Crippen LogP contribution in [0, 0.1) is 38.6 Å². The van der Waals surface area contributed by atoms with Crippen LogP contribution >= 0.6 is 24.0 Å². The van der Waals surface area contributed by atoms with Crippen molar-refractivity contribution in [2.45, 2.75) is 0 Å². The molecular weight excluding hydrogens is 362 g/mol. The molecule has 0 atom stereocenters. The fourth-order valence-electron chi connectivity index (χ4n) is 0.635. The van der Waals surface area contributed by atoms with E-state index in [0.717, 1.165) is 0 Å². The molecule has 1 aromatic rings. The molecule has 0 aliphatic rings. The first-order chi connectivity index (χ1) is 4.72. The first kappa shape index (κ1) is 19.1. The predicted octanol–water partition coefficient (Wildman–Crippen LogP) is 1.64. The molecule has 0 aliphatic carbocycles. The van der Waals surface area contributed by atoms with Crippen LogP contribution in [0.1, 0.15) is 10.4 Å². The molecule has 1 rings (SSSR count). The molecular formula is C7H8Cl2O3Tb. The second kappa shape index (κ2) is 9.09. The third-order valence-electron chi connectivity index (χ3n) is 1.10. The molecule has 13 heavy (non-hydrogen) atoms. The summed E-state index contributed by atoms with van der Waals surface area (Å²) in [5, 5.41) is 8.75. The third-order valence-corrected chi connectivity index (χ3v) is 1.43. The van der Waals surface area contributed by atoms with Crippen molar-refractivity contribution in [1.29, 1.82) is 0 Å². The van der Waals surface area contributed by atoms with Gasteiger partial charge < -0.3 is 10.6 Å². The van der Waals surface area contributed by atoms with Crippen LogP contribution in [0.3, 0.4) is 0 Å². The zero-order chi connectivity index (χ0) is 7.56. The summed E-state index contributed by atoms with van der Waals surface area (Å²) in [7, 11) is 0. The molecule has 0 aliphatic heterocycles. The summed E-state index contributed by atoms with van der Waals surface area (Å²) in [6.07, 6.45) is 0. The fraction of sp³-hybridized carbons (Fsp3) is 0. The smallest absolute Gasteiger partial charge is 0.337 e. The number of benzene rings is 1. The van der Waals surface area contributed by atoms with E-state index in [-0.39, 0.29) is 67.1 Å². The number of carboxylic acid groups (broad SMARTS) is 1. The van der Waals surface area contributed by atoms with E-state index in [0.29, 0.717) is 0 Å². The Bertz CT molecular complexity index is 268. The van der Waals surface area contributed by atoms with Crippen molar-refractivity contribution >= 4 is 30.0 Å². The summed E-state index contributed by atoms with van der Waals surface area (Å²) in [5.74, 6) is -0.995. The van der Waals surface area contributed by atoms with Gasteiger partial charge in [0.2, 0.25) is 0 Å². The van der Waals surface area contributed by atoms with Crippen LogP contribution in [0.5, 0.6) is 0 Å². The Labute approximate surface area is 118 Å². The van der Waals surface area contributed by atoms with Crippen molar-refractivity contribution in [3.63, 3.8) is 0 Å². The van der Waals surface area contributed by atoms with E-state index >= 15 is 0 Å². The quantitative estimate of drug-likeness (QED) is 0.817. The monoisotopic (exact) mass is 369 g/mol. The molecule has 6 heteroatoms. The van der Waals surface area contributed by atoms with Crippen molar-refractivity contribution in [2.75, 3.05) is 0 Å². The average molecular weight is 370 g/mol. The summed E-state index contributed by atoms with van der Waals surface area (Å²) in [4.78, 5) is 10.3. The number of halogens is 2. The van der Waals surface area contributed by atoms with Gasteiger partial charge in [0, 0.05) is 38.6 Å². The third kappa shape index (κ3) is 5.75. The minimum atomic E-state index is -0.995. The maximum atomic E-state index is 10.3. The van der Waals surface area contributed by atoms with Crippen molar-refractivity contribution in [2.24, 2.45) is 0 Å². The summed E-state index contributed by atoms with van der Waals surface area (Å²) >= 11 is 5.54. The topological polar surface area (TPSA) is 68.8 Å². The Balaban J connectivity index is -0.000000333. The molecule has 3 N–H and O–H groups in total. The molecule has 0 aromatic heterocycles. The SMILES string of the molecule is Cl.O.O=C(O)c1ccccc1Cl.[Tb]. The van der Waals surface area contributed by atoms with Gasteiger partial charge in [0.15, 0.2) is 0 Å². The molecule has 1 radical (unpaired) electrons. The van der Waals surface area contributed by atoms with Crippen molar-refractivity contribution < 1.29 is 54.0 Å². The van der Waals surface area contributed by atoms with Crippen LogP contribution in [0.25, 0.3) is 0 Å². The van der Waals surface area contributed by atoms with Gasteiger partial charge in [-0.1, -0.05) is 23.7 Å².